The smallest absolute Gasteiger partial charge is 0.143 e. The monoisotopic (exact) mass is 713 g/mol. The van der Waals surface area contributed by atoms with Crippen LogP contribution in [0.3, 0.4) is 0 Å². The maximum Gasteiger partial charge on any atom is 0.143 e. The van der Waals surface area contributed by atoms with Crippen LogP contribution < -0.4 is 0 Å². The lowest BCUT2D eigenvalue weighted by atomic mass is 9.67. The predicted molar refractivity (Wildman–Crippen MR) is 231 cm³/mol. The molecule has 8 aromatic carbocycles. The van der Waals surface area contributed by atoms with Gasteiger partial charge in [0, 0.05) is 27.5 Å². The summed E-state index contributed by atoms with van der Waals surface area (Å²) in [6.07, 6.45) is 0. The van der Waals surface area contributed by atoms with E-state index < -0.39 is 5.41 Å². The highest BCUT2D eigenvalue weighted by Crippen LogP contribution is 2.57. The molecule has 10 aromatic rings. The van der Waals surface area contributed by atoms with Gasteiger partial charge in [0.25, 0.3) is 0 Å². The van der Waals surface area contributed by atoms with E-state index in [2.05, 4.69) is 200 Å². The van der Waals surface area contributed by atoms with Gasteiger partial charge in [-0.3, -0.25) is 0 Å². The second kappa shape index (κ2) is 12.9. The fourth-order valence-corrected chi connectivity index (χ4v) is 9.01. The lowest BCUT2D eigenvalue weighted by Gasteiger charge is -2.33. The summed E-state index contributed by atoms with van der Waals surface area (Å²) in [7, 11) is 0. The van der Waals surface area contributed by atoms with E-state index in [1.807, 2.05) is 12.1 Å². The molecule has 0 saturated carbocycles. The zero-order chi connectivity index (χ0) is 37.1. The van der Waals surface area contributed by atoms with Gasteiger partial charge in [-0.05, 0) is 74.3 Å². The van der Waals surface area contributed by atoms with Crippen LogP contribution in [-0.2, 0) is 5.41 Å². The molecule has 2 heteroatoms. The van der Waals surface area contributed by atoms with Crippen molar-refractivity contribution in [1.29, 1.82) is 0 Å². The van der Waals surface area contributed by atoms with Crippen molar-refractivity contribution in [3.63, 3.8) is 0 Å². The number of pyridine rings is 1. The molecule has 2 aromatic heterocycles. The molecule has 1 aliphatic carbocycles. The number of fused-ring (bicyclic) bond motifs is 6. The van der Waals surface area contributed by atoms with Crippen LogP contribution in [0, 0.1) is 0 Å². The van der Waals surface area contributed by atoms with Crippen molar-refractivity contribution in [2.75, 3.05) is 0 Å². The first kappa shape index (κ1) is 32.2. The van der Waals surface area contributed by atoms with Crippen LogP contribution in [0.1, 0.15) is 22.3 Å². The summed E-state index contributed by atoms with van der Waals surface area (Å²) >= 11 is 0. The molecule has 0 atom stereocenters. The van der Waals surface area contributed by atoms with Crippen LogP contribution in [0.2, 0.25) is 0 Å². The van der Waals surface area contributed by atoms with Crippen molar-refractivity contribution in [2.45, 2.75) is 5.41 Å². The lowest BCUT2D eigenvalue weighted by molar-refractivity contribution is 0.667. The molecule has 0 N–H and O–H groups in total. The maximum atomic E-state index is 6.96. The first-order valence-corrected chi connectivity index (χ1v) is 19.2. The zero-order valence-electron chi connectivity index (χ0n) is 30.6. The SMILES string of the molecule is c1ccc(-c2cc(-c3ccc(-c4cccc5c4oc4cc6c(cc45)-c4ccccc4C6(c4ccccc4)c4ccccc4)cc3)cc(-c3ccccc3)n2)cc1. The quantitative estimate of drug-likeness (QED) is 0.171. The molecule has 0 radical (unpaired) electrons. The Hall–Kier alpha value is -7.29. The van der Waals surface area contributed by atoms with Crippen LogP contribution >= 0.6 is 0 Å². The Morgan fingerprint density at radius 2 is 0.875 bits per heavy atom. The van der Waals surface area contributed by atoms with Gasteiger partial charge in [0.1, 0.15) is 11.2 Å². The first-order valence-electron chi connectivity index (χ1n) is 19.2. The van der Waals surface area contributed by atoms with Crippen LogP contribution in [0.5, 0.6) is 0 Å². The number of para-hydroxylation sites is 1. The molecule has 2 nitrogen and oxygen atoms in total. The molecule has 56 heavy (non-hydrogen) atoms. The van der Waals surface area contributed by atoms with E-state index in [1.54, 1.807) is 0 Å². The summed E-state index contributed by atoms with van der Waals surface area (Å²) in [6, 6.07) is 76.0. The Bertz CT molecular complexity index is 2940. The molecule has 0 spiro atoms. The van der Waals surface area contributed by atoms with Crippen molar-refractivity contribution in [1.82, 2.24) is 4.98 Å². The predicted octanol–water partition coefficient (Wildman–Crippen LogP) is 14.0. The molecule has 0 aliphatic heterocycles. The Kier molecular flexibility index (Phi) is 7.43. The van der Waals surface area contributed by atoms with Gasteiger partial charge in [-0.1, -0.05) is 188 Å². The van der Waals surface area contributed by atoms with Gasteiger partial charge >= 0.3 is 0 Å². The van der Waals surface area contributed by atoms with Crippen molar-refractivity contribution in [3.05, 3.63) is 235 Å². The van der Waals surface area contributed by atoms with Gasteiger partial charge in [0.2, 0.25) is 0 Å². The van der Waals surface area contributed by atoms with Crippen molar-refractivity contribution in [3.8, 4) is 55.9 Å². The highest BCUT2D eigenvalue weighted by atomic mass is 16.3. The average Bonchev–Trinajstić information content (AvgIpc) is 3.80. The van der Waals surface area contributed by atoms with E-state index in [-0.39, 0.29) is 0 Å². The number of nitrogens with zero attached hydrogens (tertiary/aromatic N) is 1. The minimum absolute atomic E-state index is 0.478. The number of aromatic nitrogens is 1. The largest absolute Gasteiger partial charge is 0.455 e. The molecule has 262 valence electrons. The van der Waals surface area contributed by atoms with E-state index in [9.17, 15) is 0 Å². The lowest BCUT2D eigenvalue weighted by Crippen LogP contribution is -2.28. The zero-order valence-corrected chi connectivity index (χ0v) is 30.6. The highest BCUT2D eigenvalue weighted by molar-refractivity contribution is 6.12. The molecule has 0 amide bonds. The standard InChI is InChI=1S/C54H35NO/c1-5-16-38(17-6-1)50-32-40(33-51(55-50)39-18-7-2-8-19-39)36-28-30-37(31-29-36)43-25-15-26-45-47-34-46-44-24-13-14-27-48(44)54(41-20-9-3-10-21-41,42-22-11-4-12-23-42)49(46)35-52(47)56-53(43)45/h1-35H. The molecule has 0 fully saturated rings. The molecule has 11 rings (SSSR count). The summed E-state index contributed by atoms with van der Waals surface area (Å²) < 4.78 is 6.96. The average molecular weight is 714 g/mol. The molecule has 0 bridgehead atoms. The summed E-state index contributed by atoms with van der Waals surface area (Å²) in [5, 5.41) is 2.25. The summed E-state index contributed by atoms with van der Waals surface area (Å²) in [5.41, 5.74) is 17.4. The van der Waals surface area contributed by atoms with E-state index in [0.717, 1.165) is 66.7 Å². The normalized spacial score (nSPS) is 12.8. The third-order valence-corrected chi connectivity index (χ3v) is 11.6. The van der Waals surface area contributed by atoms with Crippen molar-refractivity contribution in [2.24, 2.45) is 0 Å². The van der Waals surface area contributed by atoms with Gasteiger partial charge in [0.15, 0.2) is 0 Å². The van der Waals surface area contributed by atoms with Gasteiger partial charge in [0.05, 0.1) is 16.8 Å². The molecule has 2 heterocycles. The minimum atomic E-state index is -0.478. The number of benzene rings is 8. The second-order valence-corrected chi connectivity index (χ2v) is 14.6. The Morgan fingerprint density at radius 1 is 0.339 bits per heavy atom. The number of hydrogen-bond donors (Lipinski definition) is 0. The fraction of sp³-hybridized carbons (Fsp3) is 0.0185. The molecular formula is C54H35NO. The molecule has 0 unspecified atom stereocenters. The second-order valence-electron chi connectivity index (χ2n) is 14.6. The summed E-state index contributed by atoms with van der Waals surface area (Å²) in [5.74, 6) is 0. The third-order valence-electron chi connectivity index (χ3n) is 11.6. The minimum Gasteiger partial charge on any atom is -0.455 e. The third kappa shape index (κ3) is 5.00. The first-order chi connectivity index (χ1) is 27.8. The van der Waals surface area contributed by atoms with E-state index in [0.29, 0.717) is 0 Å². The Balaban J connectivity index is 1.05. The fourth-order valence-electron chi connectivity index (χ4n) is 9.01. The number of rotatable bonds is 6. The van der Waals surface area contributed by atoms with E-state index in [4.69, 9.17) is 9.40 Å². The van der Waals surface area contributed by atoms with E-state index >= 15 is 0 Å². The van der Waals surface area contributed by atoms with Gasteiger partial charge in [-0.25, -0.2) is 4.98 Å². The van der Waals surface area contributed by atoms with Crippen LogP contribution in [0.4, 0.5) is 0 Å². The molecule has 0 saturated heterocycles. The van der Waals surface area contributed by atoms with Crippen molar-refractivity contribution >= 4 is 21.9 Å². The van der Waals surface area contributed by atoms with Crippen LogP contribution in [0.25, 0.3) is 77.8 Å². The number of hydrogen-bond acceptors (Lipinski definition) is 2. The topological polar surface area (TPSA) is 26.0 Å². The summed E-state index contributed by atoms with van der Waals surface area (Å²) in [4.78, 5) is 5.09. The van der Waals surface area contributed by atoms with Crippen LogP contribution in [0.15, 0.2) is 217 Å². The Morgan fingerprint density at radius 3 is 1.50 bits per heavy atom. The molecule has 1 aliphatic rings. The molecular weight excluding hydrogens is 679 g/mol. The maximum absolute atomic E-state index is 6.96. The highest BCUT2D eigenvalue weighted by Gasteiger charge is 2.46. The van der Waals surface area contributed by atoms with E-state index in [1.165, 1.54) is 33.4 Å². The van der Waals surface area contributed by atoms with Crippen LogP contribution in [-0.4, -0.2) is 4.98 Å². The van der Waals surface area contributed by atoms with Gasteiger partial charge < -0.3 is 4.42 Å². The Labute approximate surface area is 326 Å². The van der Waals surface area contributed by atoms with Crippen molar-refractivity contribution < 1.29 is 4.42 Å². The van der Waals surface area contributed by atoms with Gasteiger partial charge in [-0.15, -0.1) is 0 Å². The van der Waals surface area contributed by atoms with Gasteiger partial charge in [-0.2, -0.15) is 0 Å². The number of furan rings is 1. The summed E-state index contributed by atoms with van der Waals surface area (Å²) in [6.45, 7) is 0.